The van der Waals surface area contributed by atoms with Crippen molar-refractivity contribution in [3.05, 3.63) is 101 Å². The Morgan fingerprint density at radius 1 is 0.917 bits per heavy atom. The number of imidazole rings is 1. The van der Waals surface area contributed by atoms with E-state index in [2.05, 4.69) is 91.0 Å². The van der Waals surface area contributed by atoms with Gasteiger partial charge in [-0.05, 0) is 66.8 Å². The molecule has 0 saturated heterocycles. The number of halogens is 1. The minimum atomic E-state index is 0.705. The highest BCUT2D eigenvalue weighted by Crippen LogP contribution is 2.40. The molecule has 5 aromatic rings. The van der Waals surface area contributed by atoms with E-state index in [1.54, 1.807) is 7.11 Å². The number of rotatable bonds is 5. The highest BCUT2D eigenvalue weighted by molar-refractivity contribution is 9.10. The minimum Gasteiger partial charge on any atom is -0.497 e. The molecule has 0 aliphatic carbocycles. The molecule has 0 fully saturated rings. The summed E-state index contributed by atoms with van der Waals surface area (Å²) in [5, 5.41) is 3.50. The van der Waals surface area contributed by atoms with Gasteiger partial charge in [-0.1, -0.05) is 70.6 Å². The van der Waals surface area contributed by atoms with Gasteiger partial charge in [0.15, 0.2) is 0 Å². The van der Waals surface area contributed by atoms with Crippen LogP contribution >= 0.6 is 28.1 Å². The largest absolute Gasteiger partial charge is 0.497 e. The molecule has 6 rings (SSSR count). The summed E-state index contributed by atoms with van der Waals surface area (Å²) < 4.78 is 11.2. The molecule has 6 heteroatoms. The van der Waals surface area contributed by atoms with E-state index in [9.17, 15) is 0 Å². The summed E-state index contributed by atoms with van der Waals surface area (Å²) in [5.74, 6) is 0.820. The fraction of sp³-hybridized carbons (Fsp3) is 0.167. The van der Waals surface area contributed by atoms with E-state index in [-0.39, 0.29) is 0 Å². The van der Waals surface area contributed by atoms with Gasteiger partial charge < -0.3 is 14.6 Å². The van der Waals surface area contributed by atoms with E-state index in [1.165, 1.54) is 33.6 Å². The van der Waals surface area contributed by atoms with Gasteiger partial charge in [0.1, 0.15) is 16.4 Å². The van der Waals surface area contributed by atoms with Crippen molar-refractivity contribution in [1.82, 2.24) is 8.97 Å². The number of methoxy groups -OCH3 is 1. The second kappa shape index (κ2) is 9.60. The lowest BCUT2D eigenvalue weighted by molar-refractivity contribution is 0.415. The van der Waals surface area contributed by atoms with Crippen molar-refractivity contribution < 1.29 is 4.74 Å². The van der Waals surface area contributed by atoms with E-state index >= 15 is 0 Å². The molecule has 3 heterocycles. The quantitative estimate of drug-likeness (QED) is 0.223. The van der Waals surface area contributed by atoms with Crippen molar-refractivity contribution in [2.24, 2.45) is 0 Å². The van der Waals surface area contributed by atoms with Crippen LogP contribution in [0.1, 0.15) is 24.1 Å². The van der Waals surface area contributed by atoms with Gasteiger partial charge in [0.25, 0.3) is 0 Å². The van der Waals surface area contributed by atoms with Crippen molar-refractivity contribution in [2.45, 2.75) is 25.8 Å². The van der Waals surface area contributed by atoms with Crippen molar-refractivity contribution in [3.63, 3.8) is 0 Å². The monoisotopic (exact) mass is 555 g/mol. The predicted molar refractivity (Wildman–Crippen MR) is 155 cm³/mol. The summed E-state index contributed by atoms with van der Waals surface area (Å²) in [6, 6.07) is 27.1. The number of benzene rings is 3. The standard InChI is InChI=1S/C30H26BrN3OS/c1-35-24-16-14-23(15-17-24)32-29(36)28-27(21-10-12-22(31)13-11-21)25-9-5-6-18-33-26(19-34(28)30(25)33)20-7-3-2-4-8-20/h2-4,7-8,10-17,19H,5-6,9,18H2,1H3,(H,32,36). The molecular weight excluding hydrogens is 530 g/mol. The average molecular weight is 557 g/mol. The topological polar surface area (TPSA) is 30.6 Å². The molecule has 1 N–H and O–H groups in total. The van der Waals surface area contributed by atoms with Crippen molar-refractivity contribution in [3.8, 4) is 28.1 Å². The number of thiocarbonyl (C=S) groups is 1. The first-order chi connectivity index (χ1) is 17.6. The van der Waals surface area contributed by atoms with Crippen LogP contribution in [0.3, 0.4) is 0 Å². The fourth-order valence-corrected chi connectivity index (χ4v) is 5.82. The predicted octanol–water partition coefficient (Wildman–Crippen LogP) is 7.97. The van der Waals surface area contributed by atoms with Crippen LogP contribution < -0.4 is 10.1 Å². The zero-order chi connectivity index (χ0) is 24.6. The van der Waals surface area contributed by atoms with Crippen LogP contribution in [0.25, 0.3) is 28.0 Å². The van der Waals surface area contributed by atoms with E-state index in [4.69, 9.17) is 17.0 Å². The van der Waals surface area contributed by atoms with Crippen LogP contribution in [-0.2, 0) is 13.0 Å². The molecule has 0 atom stereocenters. The molecule has 0 amide bonds. The first-order valence-corrected chi connectivity index (χ1v) is 13.4. The molecule has 1 aliphatic heterocycles. The number of hydrogen-bond donors (Lipinski definition) is 1. The number of nitrogens with one attached hydrogen (secondary N) is 1. The summed E-state index contributed by atoms with van der Waals surface area (Å²) in [5.41, 5.74) is 9.44. The molecule has 0 unspecified atom stereocenters. The summed E-state index contributed by atoms with van der Waals surface area (Å²) >= 11 is 9.70. The third-order valence-electron chi connectivity index (χ3n) is 6.90. The SMILES string of the molecule is COc1ccc(NC(=S)c2c(-c3ccc(Br)cc3)c3c4n(c(-c5ccccc5)cn24)CCCC3)cc1. The third-order valence-corrected chi connectivity index (χ3v) is 7.72. The molecule has 180 valence electrons. The summed E-state index contributed by atoms with van der Waals surface area (Å²) in [7, 11) is 1.68. The zero-order valence-corrected chi connectivity index (χ0v) is 22.4. The molecule has 0 spiro atoms. The second-order valence-electron chi connectivity index (χ2n) is 9.07. The Hall–Kier alpha value is -3.35. The molecule has 2 aromatic heterocycles. The number of anilines is 1. The molecule has 0 radical (unpaired) electrons. The van der Waals surface area contributed by atoms with Gasteiger partial charge in [0.2, 0.25) is 0 Å². The molecule has 4 nitrogen and oxygen atoms in total. The zero-order valence-electron chi connectivity index (χ0n) is 20.0. The summed E-state index contributed by atoms with van der Waals surface area (Å²) in [4.78, 5) is 0.705. The average Bonchev–Trinajstić information content (AvgIpc) is 3.33. The molecule has 36 heavy (non-hydrogen) atoms. The third kappa shape index (κ3) is 4.04. The number of nitrogens with zero attached hydrogens (tertiary/aromatic N) is 2. The molecule has 0 bridgehead atoms. The Kier molecular flexibility index (Phi) is 6.15. The van der Waals surface area contributed by atoms with Gasteiger partial charge >= 0.3 is 0 Å². The Morgan fingerprint density at radius 3 is 2.39 bits per heavy atom. The van der Waals surface area contributed by atoms with Crippen LogP contribution in [0.4, 0.5) is 5.69 Å². The lowest BCUT2D eigenvalue weighted by Crippen LogP contribution is -2.14. The van der Waals surface area contributed by atoms with E-state index in [0.717, 1.165) is 47.4 Å². The van der Waals surface area contributed by atoms with Crippen LogP contribution in [0.5, 0.6) is 5.75 Å². The van der Waals surface area contributed by atoms with Gasteiger partial charge in [-0.2, -0.15) is 0 Å². The number of hydrogen-bond acceptors (Lipinski definition) is 2. The fourth-order valence-electron chi connectivity index (χ4n) is 5.24. The summed E-state index contributed by atoms with van der Waals surface area (Å²) in [6.07, 6.45) is 5.59. The van der Waals surface area contributed by atoms with Crippen molar-refractivity contribution in [2.75, 3.05) is 12.4 Å². The van der Waals surface area contributed by atoms with Crippen LogP contribution in [-0.4, -0.2) is 21.1 Å². The summed E-state index contributed by atoms with van der Waals surface area (Å²) in [6.45, 7) is 0.996. The highest BCUT2D eigenvalue weighted by Gasteiger charge is 2.28. The van der Waals surface area contributed by atoms with Gasteiger partial charge in [0, 0.05) is 34.0 Å². The number of aryl methyl sites for hydroxylation is 2. The van der Waals surface area contributed by atoms with E-state index in [1.807, 2.05) is 24.3 Å². The Bertz CT molecular complexity index is 1550. The molecule has 3 aromatic carbocycles. The number of aromatic nitrogens is 2. The van der Waals surface area contributed by atoms with Crippen molar-refractivity contribution >= 4 is 44.5 Å². The molecular formula is C30H26BrN3OS. The molecule has 1 aliphatic rings. The second-order valence-corrected chi connectivity index (χ2v) is 10.4. The Balaban J connectivity index is 1.57. The maximum atomic E-state index is 6.11. The van der Waals surface area contributed by atoms with Crippen molar-refractivity contribution in [1.29, 1.82) is 0 Å². The lowest BCUT2D eigenvalue weighted by Gasteiger charge is -2.13. The maximum Gasteiger partial charge on any atom is 0.128 e. The van der Waals surface area contributed by atoms with Gasteiger partial charge in [0.05, 0.1) is 18.5 Å². The first-order valence-electron chi connectivity index (χ1n) is 12.2. The smallest absolute Gasteiger partial charge is 0.128 e. The Morgan fingerprint density at radius 2 is 1.67 bits per heavy atom. The maximum absolute atomic E-state index is 6.11. The van der Waals surface area contributed by atoms with Gasteiger partial charge in [-0.3, -0.25) is 4.40 Å². The number of ether oxygens (including phenoxy) is 1. The van der Waals surface area contributed by atoms with Crippen LogP contribution in [0.2, 0.25) is 0 Å². The lowest BCUT2D eigenvalue weighted by atomic mass is 9.98. The van der Waals surface area contributed by atoms with Crippen LogP contribution in [0.15, 0.2) is 89.5 Å². The van der Waals surface area contributed by atoms with E-state index < -0.39 is 0 Å². The van der Waals surface area contributed by atoms with Gasteiger partial charge in [-0.25, -0.2) is 0 Å². The Labute approximate surface area is 224 Å². The first kappa shape index (κ1) is 23.1. The molecule has 0 saturated carbocycles. The minimum absolute atomic E-state index is 0.705. The van der Waals surface area contributed by atoms with E-state index in [0.29, 0.717) is 4.99 Å². The van der Waals surface area contributed by atoms with Crippen LogP contribution in [0, 0.1) is 0 Å². The van der Waals surface area contributed by atoms with Gasteiger partial charge in [-0.15, -0.1) is 0 Å². The normalized spacial score (nSPS) is 12.9. The highest BCUT2D eigenvalue weighted by atomic mass is 79.9.